The summed E-state index contributed by atoms with van der Waals surface area (Å²) in [5.74, 6) is 7.50. The van der Waals surface area contributed by atoms with Gasteiger partial charge in [-0.2, -0.15) is 4.98 Å². The van der Waals surface area contributed by atoms with Crippen LogP contribution in [0.5, 0.6) is 5.75 Å². The largest absolute Gasteiger partial charge is 0.455 e. The maximum atomic E-state index is 11.5. The van der Waals surface area contributed by atoms with Crippen LogP contribution in [-0.2, 0) is 0 Å². The van der Waals surface area contributed by atoms with E-state index in [9.17, 15) is 4.79 Å². The molecule has 0 saturated carbocycles. The molecule has 0 atom stereocenters. The summed E-state index contributed by atoms with van der Waals surface area (Å²) in [4.78, 5) is 22.5. The van der Waals surface area contributed by atoms with Crippen LogP contribution in [0.15, 0.2) is 50.8 Å². The number of nitrogens with one attached hydrogen (secondary N) is 1. The first-order chi connectivity index (χ1) is 12.6. The fraction of sp³-hybridized carbons (Fsp3) is 0.150. The van der Waals surface area contributed by atoms with Crippen molar-refractivity contribution in [2.75, 3.05) is 6.54 Å². The lowest BCUT2D eigenvalue weighted by Gasteiger charge is -2.11. The molecule has 1 aromatic carbocycles. The fourth-order valence-corrected chi connectivity index (χ4v) is 2.94. The highest BCUT2D eigenvalue weighted by Crippen LogP contribution is 2.26. The summed E-state index contributed by atoms with van der Waals surface area (Å²) in [6.45, 7) is 4.04. The van der Waals surface area contributed by atoms with Gasteiger partial charge in [-0.05, 0) is 43.5 Å². The van der Waals surface area contributed by atoms with E-state index in [1.807, 2.05) is 38.1 Å². The van der Waals surface area contributed by atoms with Crippen molar-refractivity contribution in [2.45, 2.75) is 13.8 Å². The molecule has 128 valence electrons. The Bertz CT molecular complexity index is 1100. The van der Waals surface area contributed by atoms with E-state index in [0.29, 0.717) is 29.6 Å². The Morgan fingerprint density at radius 1 is 1.19 bits per heavy atom. The quantitative estimate of drug-likeness (QED) is 0.724. The van der Waals surface area contributed by atoms with Crippen LogP contribution in [0.1, 0.15) is 22.7 Å². The van der Waals surface area contributed by atoms with Gasteiger partial charge in [0.25, 0.3) is 0 Å². The summed E-state index contributed by atoms with van der Waals surface area (Å²) >= 11 is 0. The van der Waals surface area contributed by atoms with Crippen LogP contribution < -0.4 is 10.4 Å². The second-order valence-corrected chi connectivity index (χ2v) is 5.84. The van der Waals surface area contributed by atoms with E-state index >= 15 is 0 Å². The maximum Gasteiger partial charge on any atom is 0.345 e. The number of fused-ring (bicyclic) bond motifs is 1. The van der Waals surface area contributed by atoms with Crippen molar-refractivity contribution >= 4 is 5.90 Å². The number of aliphatic imine (C=N–C) groups is 1. The zero-order valence-electron chi connectivity index (χ0n) is 14.3. The molecule has 1 aliphatic rings. The van der Waals surface area contributed by atoms with Crippen LogP contribution in [0, 0.1) is 25.7 Å². The van der Waals surface area contributed by atoms with Gasteiger partial charge in [0.15, 0.2) is 5.76 Å². The Morgan fingerprint density at radius 3 is 2.77 bits per heavy atom. The highest BCUT2D eigenvalue weighted by molar-refractivity contribution is 5.98. The van der Waals surface area contributed by atoms with Crippen molar-refractivity contribution < 1.29 is 9.15 Å². The van der Waals surface area contributed by atoms with Crippen LogP contribution in [0.3, 0.4) is 0 Å². The summed E-state index contributed by atoms with van der Waals surface area (Å²) in [6, 6.07) is 9.35. The smallest absolute Gasteiger partial charge is 0.345 e. The minimum atomic E-state index is -0.340. The summed E-state index contributed by atoms with van der Waals surface area (Å²) in [5.41, 5.74) is 3.74. The van der Waals surface area contributed by atoms with Crippen molar-refractivity contribution in [3.63, 3.8) is 0 Å². The molecule has 6 heteroatoms. The number of hydrogen-bond donors (Lipinski definition) is 1. The van der Waals surface area contributed by atoms with Gasteiger partial charge in [0, 0.05) is 11.3 Å². The number of aromatic nitrogens is 2. The third-order valence-corrected chi connectivity index (χ3v) is 4.06. The molecule has 1 aliphatic heterocycles. The first kappa shape index (κ1) is 15.9. The van der Waals surface area contributed by atoms with Gasteiger partial charge in [0.2, 0.25) is 5.90 Å². The number of H-pyrrole nitrogens is 1. The Balaban J connectivity index is 1.63. The summed E-state index contributed by atoms with van der Waals surface area (Å²) in [6.07, 6.45) is 1.57. The fourth-order valence-electron chi connectivity index (χ4n) is 2.94. The van der Waals surface area contributed by atoms with Crippen LogP contribution in [0.2, 0.25) is 0 Å². The van der Waals surface area contributed by atoms with Gasteiger partial charge >= 0.3 is 5.69 Å². The normalized spacial score (nSPS) is 12.5. The lowest BCUT2D eigenvalue weighted by Crippen LogP contribution is -2.14. The van der Waals surface area contributed by atoms with Crippen LogP contribution in [0.4, 0.5) is 0 Å². The molecule has 26 heavy (non-hydrogen) atoms. The molecule has 0 fully saturated rings. The van der Waals surface area contributed by atoms with Gasteiger partial charge in [-0.1, -0.05) is 18.1 Å². The minimum absolute atomic E-state index is 0.340. The molecule has 0 radical (unpaired) electrons. The van der Waals surface area contributed by atoms with E-state index in [0.717, 1.165) is 22.4 Å². The highest BCUT2D eigenvalue weighted by atomic mass is 16.5. The number of aryl methyl sites for hydroxylation is 2. The predicted octanol–water partition coefficient (Wildman–Crippen LogP) is 2.84. The van der Waals surface area contributed by atoms with Crippen molar-refractivity contribution in [3.05, 3.63) is 69.8 Å². The zero-order valence-corrected chi connectivity index (χ0v) is 14.3. The SMILES string of the molecule is Cc1nc(=O)[nH]c(C)c1-c1ccc(OC2=NCC#Cc3occc32)cc1. The number of benzene rings is 1. The molecule has 1 N–H and O–H groups in total. The van der Waals surface area contributed by atoms with E-state index in [1.54, 1.807) is 12.3 Å². The lowest BCUT2D eigenvalue weighted by atomic mass is 10.0. The number of ether oxygens (including phenoxy) is 1. The molecule has 0 bridgehead atoms. The Kier molecular flexibility index (Phi) is 3.90. The maximum absolute atomic E-state index is 11.5. The lowest BCUT2D eigenvalue weighted by molar-refractivity contribution is 0.538. The predicted molar refractivity (Wildman–Crippen MR) is 97.4 cm³/mol. The van der Waals surface area contributed by atoms with Gasteiger partial charge in [0.05, 0.1) is 17.5 Å². The molecule has 3 heterocycles. The molecule has 2 aromatic heterocycles. The second-order valence-electron chi connectivity index (χ2n) is 5.84. The van der Waals surface area contributed by atoms with E-state index in [2.05, 4.69) is 26.8 Å². The average Bonchev–Trinajstić information content (AvgIpc) is 2.99. The molecule has 0 saturated heterocycles. The summed E-state index contributed by atoms with van der Waals surface area (Å²) < 4.78 is 11.3. The molecule has 0 unspecified atom stereocenters. The van der Waals surface area contributed by atoms with E-state index in [-0.39, 0.29) is 5.69 Å². The van der Waals surface area contributed by atoms with Gasteiger partial charge in [-0.15, -0.1) is 0 Å². The van der Waals surface area contributed by atoms with Gasteiger partial charge < -0.3 is 14.1 Å². The third-order valence-electron chi connectivity index (χ3n) is 4.06. The number of hydrogen-bond acceptors (Lipinski definition) is 5. The monoisotopic (exact) mass is 345 g/mol. The van der Waals surface area contributed by atoms with E-state index in [1.165, 1.54) is 0 Å². The Hall–Kier alpha value is -3.59. The molecule has 3 aromatic rings. The van der Waals surface area contributed by atoms with E-state index in [4.69, 9.17) is 9.15 Å². The molecular formula is C20H15N3O3. The first-order valence-corrected chi connectivity index (χ1v) is 8.09. The molecule has 0 aliphatic carbocycles. The minimum Gasteiger partial charge on any atom is -0.455 e. The highest BCUT2D eigenvalue weighted by Gasteiger charge is 2.16. The number of aromatic amines is 1. The first-order valence-electron chi connectivity index (χ1n) is 8.09. The molecule has 6 nitrogen and oxygen atoms in total. The summed E-state index contributed by atoms with van der Waals surface area (Å²) in [7, 11) is 0. The zero-order chi connectivity index (χ0) is 18.1. The van der Waals surface area contributed by atoms with Crippen LogP contribution >= 0.6 is 0 Å². The van der Waals surface area contributed by atoms with Crippen molar-refractivity contribution in [3.8, 4) is 28.7 Å². The molecule has 0 spiro atoms. The topological polar surface area (TPSA) is 80.5 Å². The summed E-state index contributed by atoms with van der Waals surface area (Å²) in [5, 5.41) is 0. The second kappa shape index (κ2) is 6.37. The van der Waals surface area contributed by atoms with Crippen molar-refractivity contribution in [1.82, 2.24) is 9.97 Å². The average molecular weight is 345 g/mol. The Labute approximate surface area is 149 Å². The number of rotatable bonds is 2. The van der Waals surface area contributed by atoms with Crippen LogP contribution in [0.25, 0.3) is 11.1 Å². The molecular weight excluding hydrogens is 330 g/mol. The van der Waals surface area contributed by atoms with Crippen LogP contribution in [-0.4, -0.2) is 22.4 Å². The number of furan rings is 1. The van der Waals surface area contributed by atoms with E-state index < -0.39 is 0 Å². The Morgan fingerprint density at radius 2 is 2.00 bits per heavy atom. The molecule has 0 amide bonds. The van der Waals surface area contributed by atoms with Gasteiger partial charge in [0.1, 0.15) is 12.3 Å². The standard InChI is InChI=1S/C20H15N3O3/c1-12-18(13(2)23-20(24)22-12)14-5-7-15(8-6-14)26-19-16-9-11-25-17(16)4-3-10-21-19/h5-9,11H,10H2,1-2H3,(H,22,23,24). The van der Waals surface area contributed by atoms with Crippen molar-refractivity contribution in [2.24, 2.45) is 4.99 Å². The third kappa shape index (κ3) is 2.91. The van der Waals surface area contributed by atoms with Gasteiger partial charge in [-0.25, -0.2) is 9.79 Å². The molecule has 4 rings (SSSR count). The van der Waals surface area contributed by atoms with Crippen molar-refractivity contribution in [1.29, 1.82) is 0 Å². The van der Waals surface area contributed by atoms with Gasteiger partial charge in [-0.3, -0.25) is 0 Å². The number of nitrogens with zero attached hydrogens (tertiary/aromatic N) is 2.